The lowest BCUT2D eigenvalue weighted by molar-refractivity contribution is 0.143. The fourth-order valence-electron chi connectivity index (χ4n) is 3.99. The molecule has 0 unspecified atom stereocenters. The van der Waals surface area contributed by atoms with Crippen molar-refractivity contribution in [2.45, 2.75) is 26.0 Å². The quantitative estimate of drug-likeness (QED) is 0.503. The van der Waals surface area contributed by atoms with Crippen LogP contribution in [0.4, 0.5) is 9.18 Å². The molecule has 0 atom stereocenters. The summed E-state index contributed by atoms with van der Waals surface area (Å²) < 4.78 is 26.1. The summed E-state index contributed by atoms with van der Waals surface area (Å²) in [6, 6.07) is 11.3. The largest absolute Gasteiger partial charge is 0.487 e. The van der Waals surface area contributed by atoms with Crippen LogP contribution < -0.4 is 10.3 Å². The van der Waals surface area contributed by atoms with E-state index in [1.165, 1.54) is 27.7 Å². The summed E-state index contributed by atoms with van der Waals surface area (Å²) in [6.45, 7) is 0.868. The second-order valence-electron chi connectivity index (χ2n) is 7.82. The number of pyridine rings is 2. The first-order valence-electron chi connectivity index (χ1n) is 10.5. The molecule has 0 saturated carbocycles. The molecule has 0 radical (unpaired) electrons. The normalized spacial score (nSPS) is 13.5. The lowest BCUT2D eigenvalue weighted by Crippen LogP contribution is -2.28. The van der Waals surface area contributed by atoms with E-state index in [4.69, 9.17) is 9.15 Å². The second kappa shape index (κ2) is 8.42. The van der Waals surface area contributed by atoms with E-state index in [0.29, 0.717) is 42.1 Å². The van der Waals surface area contributed by atoms with Gasteiger partial charge >= 0.3 is 6.09 Å². The van der Waals surface area contributed by atoms with Gasteiger partial charge in [-0.2, -0.15) is 0 Å². The van der Waals surface area contributed by atoms with Crippen LogP contribution in [-0.4, -0.2) is 32.2 Å². The van der Waals surface area contributed by atoms with Gasteiger partial charge in [0, 0.05) is 42.2 Å². The molecule has 4 aromatic rings. The van der Waals surface area contributed by atoms with Crippen LogP contribution in [0, 0.1) is 5.82 Å². The van der Waals surface area contributed by atoms with Crippen LogP contribution in [0.25, 0.3) is 16.7 Å². The Morgan fingerprint density at radius 3 is 2.85 bits per heavy atom. The number of amides is 1. The third-order valence-electron chi connectivity index (χ3n) is 5.66. The van der Waals surface area contributed by atoms with Crippen LogP contribution in [0.5, 0.6) is 5.75 Å². The van der Waals surface area contributed by atoms with Crippen LogP contribution >= 0.6 is 0 Å². The van der Waals surface area contributed by atoms with Crippen molar-refractivity contribution in [1.82, 2.24) is 14.5 Å². The Balaban J connectivity index is 1.39. The topological polar surface area (TPSA) is 97.8 Å². The second-order valence-corrected chi connectivity index (χ2v) is 7.82. The minimum atomic E-state index is -0.946. The standard InChI is InChI=1S/C24H20FN3O5/c25-15-3-4-16(26-12-15)14-32-18-7-9-28(23(29)11-18)17-5-6-19-20-13-27(24(30)31)8-1-2-21(20)33-22(19)10-17/h3-7,9-12H,1-2,8,13-14H2,(H,30,31). The minimum Gasteiger partial charge on any atom is -0.487 e. The van der Waals surface area contributed by atoms with Crippen LogP contribution in [0.1, 0.15) is 23.4 Å². The third-order valence-corrected chi connectivity index (χ3v) is 5.66. The number of aromatic nitrogens is 2. The SMILES string of the molecule is O=C(O)N1CCCc2oc3cc(-n4ccc(OCc5ccc(F)cn5)cc4=O)ccc3c2C1. The molecule has 9 heteroatoms. The maximum atomic E-state index is 13.0. The third kappa shape index (κ3) is 4.17. The van der Waals surface area contributed by atoms with Crippen molar-refractivity contribution >= 4 is 17.1 Å². The van der Waals surface area contributed by atoms with E-state index < -0.39 is 11.9 Å². The van der Waals surface area contributed by atoms with Crippen LogP contribution in [-0.2, 0) is 19.6 Å². The molecule has 1 N–H and O–H groups in total. The monoisotopic (exact) mass is 449 g/mol. The summed E-state index contributed by atoms with van der Waals surface area (Å²) >= 11 is 0. The Morgan fingerprint density at radius 1 is 1.21 bits per heavy atom. The predicted molar refractivity (Wildman–Crippen MR) is 117 cm³/mol. The number of ether oxygens (including phenoxy) is 1. The Morgan fingerprint density at radius 2 is 2.09 bits per heavy atom. The van der Waals surface area contributed by atoms with Crippen molar-refractivity contribution in [2.24, 2.45) is 0 Å². The molecule has 3 aromatic heterocycles. The van der Waals surface area contributed by atoms with Crippen molar-refractivity contribution in [3.05, 3.63) is 88.0 Å². The zero-order valence-corrected chi connectivity index (χ0v) is 17.5. The van der Waals surface area contributed by atoms with Crippen molar-refractivity contribution in [1.29, 1.82) is 0 Å². The molecule has 0 saturated heterocycles. The van der Waals surface area contributed by atoms with E-state index >= 15 is 0 Å². The first-order chi connectivity index (χ1) is 16.0. The Labute approximate surface area is 187 Å². The average molecular weight is 449 g/mol. The average Bonchev–Trinajstić information content (AvgIpc) is 2.99. The van der Waals surface area contributed by atoms with Gasteiger partial charge in [-0.15, -0.1) is 0 Å². The van der Waals surface area contributed by atoms with Crippen molar-refractivity contribution in [3.8, 4) is 11.4 Å². The summed E-state index contributed by atoms with van der Waals surface area (Å²) in [5.74, 6) is 0.740. The number of carboxylic acid groups (broad SMARTS) is 1. The van der Waals surface area contributed by atoms with Gasteiger partial charge in [0.2, 0.25) is 0 Å². The number of halogens is 1. The van der Waals surface area contributed by atoms with E-state index in [-0.39, 0.29) is 18.7 Å². The molecule has 1 aromatic carbocycles. The van der Waals surface area contributed by atoms with Crippen molar-refractivity contribution < 1.29 is 23.4 Å². The Hall–Kier alpha value is -4.14. The van der Waals surface area contributed by atoms with Gasteiger partial charge in [-0.25, -0.2) is 9.18 Å². The number of hydrogen-bond donors (Lipinski definition) is 1. The fourth-order valence-corrected chi connectivity index (χ4v) is 3.99. The zero-order valence-electron chi connectivity index (χ0n) is 17.5. The van der Waals surface area contributed by atoms with Gasteiger partial charge in [-0.3, -0.25) is 14.3 Å². The number of benzene rings is 1. The van der Waals surface area contributed by atoms with Gasteiger partial charge in [0.25, 0.3) is 5.56 Å². The summed E-state index contributed by atoms with van der Waals surface area (Å²) in [4.78, 5) is 29.5. The molecule has 0 fully saturated rings. The minimum absolute atomic E-state index is 0.112. The van der Waals surface area contributed by atoms with E-state index in [9.17, 15) is 19.1 Å². The van der Waals surface area contributed by atoms with E-state index in [1.54, 1.807) is 24.4 Å². The van der Waals surface area contributed by atoms with Crippen LogP contribution in [0.3, 0.4) is 0 Å². The highest BCUT2D eigenvalue weighted by molar-refractivity contribution is 5.84. The number of furan rings is 1. The molecular formula is C24H20FN3O5. The van der Waals surface area contributed by atoms with E-state index in [1.807, 2.05) is 6.07 Å². The maximum Gasteiger partial charge on any atom is 0.407 e. The van der Waals surface area contributed by atoms with Crippen molar-refractivity contribution in [3.63, 3.8) is 0 Å². The van der Waals surface area contributed by atoms with Gasteiger partial charge < -0.3 is 19.2 Å². The van der Waals surface area contributed by atoms with Gasteiger partial charge in [-0.05, 0) is 36.8 Å². The highest BCUT2D eigenvalue weighted by atomic mass is 19.1. The van der Waals surface area contributed by atoms with Gasteiger partial charge in [0.05, 0.1) is 24.1 Å². The molecule has 5 rings (SSSR count). The Bertz CT molecular complexity index is 1390. The molecule has 4 heterocycles. The van der Waals surface area contributed by atoms with Crippen LogP contribution in [0.2, 0.25) is 0 Å². The number of rotatable bonds is 4. The first-order valence-corrected chi connectivity index (χ1v) is 10.5. The van der Waals surface area contributed by atoms with Gasteiger partial charge in [0.15, 0.2) is 0 Å². The van der Waals surface area contributed by atoms with E-state index in [0.717, 1.165) is 22.9 Å². The highest BCUT2D eigenvalue weighted by Gasteiger charge is 2.23. The van der Waals surface area contributed by atoms with Crippen LogP contribution in [0.15, 0.2) is 64.1 Å². The summed E-state index contributed by atoms with van der Waals surface area (Å²) in [5.41, 5.74) is 2.37. The molecule has 0 spiro atoms. The van der Waals surface area contributed by atoms with Gasteiger partial charge in [-0.1, -0.05) is 0 Å². The Kier molecular flexibility index (Phi) is 5.29. The molecule has 1 aliphatic heterocycles. The number of fused-ring (bicyclic) bond motifs is 3. The number of aryl methyl sites for hydroxylation is 1. The molecule has 168 valence electrons. The smallest absolute Gasteiger partial charge is 0.407 e. The molecule has 0 bridgehead atoms. The molecule has 1 aliphatic rings. The maximum absolute atomic E-state index is 13.0. The summed E-state index contributed by atoms with van der Waals surface area (Å²) in [5, 5.41) is 10.2. The molecular weight excluding hydrogens is 429 g/mol. The lowest BCUT2D eigenvalue weighted by atomic mass is 10.1. The summed E-state index contributed by atoms with van der Waals surface area (Å²) in [7, 11) is 0. The predicted octanol–water partition coefficient (Wildman–Crippen LogP) is 4.12. The van der Waals surface area contributed by atoms with Gasteiger partial charge in [0.1, 0.15) is 29.5 Å². The zero-order chi connectivity index (χ0) is 22.9. The van der Waals surface area contributed by atoms with Crippen molar-refractivity contribution in [2.75, 3.05) is 6.54 Å². The highest BCUT2D eigenvalue weighted by Crippen LogP contribution is 2.31. The number of nitrogens with zero attached hydrogens (tertiary/aromatic N) is 3. The number of hydrogen-bond acceptors (Lipinski definition) is 5. The molecule has 1 amide bonds. The lowest BCUT2D eigenvalue weighted by Gasteiger charge is -2.15. The number of carbonyl (C=O) groups is 1. The molecule has 33 heavy (non-hydrogen) atoms. The molecule has 0 aliphatic carbocycles. The molecule has 8 nitrogen and oxygen atoms in total. The first kappa shape index (κ1) is 20.7. The van der Waals surface area contributed by atoms with E-state index in [2.05, 4.69) is 4.98 Å². The fraction of sp³-hybridized carbons (Fsp3) is 0.208. The summed E-state index contributed by atoms with van der Waals surface area (Å²) in [6.07, 6.45) is 3.13.